The summed E-state index contributed by atoms with van der Waals surface area (Å²) >= 11 is 0. The summed E-state index contributed by atoms with van der Waals surface area (Å²) in [6, 6.07) is 8.47. The van der Waals surface area contributed by atoms with E-state index < -0.39 is 0 Å². The molecule has 1 atom stereocenters. The number of fused-ring (bicyclic) bond motifs is 1. The highest BCUT2D eigenvalue weighted by Crippen LogP contribution is 2.28. The molecule has 0 aliphatic carbocycles. The fourth-order valence-electron chi connectivity index (χ4n) is 2.53. The molecule has 2 nitrogen and oxygen atoms in total. The zero-order valence-electron chi connectivity index (χ0n) is 10.9. The van der Waals surface area contributed by atoms with Crippen LogP contribution in [0.3, 0.4) is 0 Å². The molecule has 0 bridgehead atoms. The van der Waals surface area contributed by atoms with Crippen LogP contribution in [0.2, 0.25) is 0 Å². The van der Waals surface area contributed by atoms with Crippen LogP contribution in [0, 0.1) is 5.92 Å². The van der Waals surface area contributed by atoms with Crippen molar-refractivity contribution in [1.29, 1.82) is 0 Å². The molecule has 92 valence electrons. The number of benzene rings is 1. The zero-order valence-corrected chi connectivity index (χ0v) is 10.9. The van der Waals surface area contributed by atoms with E-state index in [1.54, 1.807) is 0 Å². The second kappa shape index (κ2) is 4.91. The molecule has 17 heavy (non-hydrogen) atoms. The largest absolute Gasteiger partial charge is 0.338 e. The van der Waals surface area contributed by atoms with Crippen molar-refractivity contribution in [3.63, 3.8) is 0 Å². The van der Waals surface area contributed by atoms with Gasteiger partial charge in [-0.15, -0.1) is 0 Å². The third-order valence-corrected chi connectivity index (χ3v) is 3.38. The summed E-state index contributed by atoms with van der Waals surface area (Å²) in [5.74, 6) is 1.19. The van der Waals surface area contributed by atoms with Crippen LogP contribution < -0.4 is 0 Å². The number of nitrogens with zero attached hydrogens (tertiary/aromatic N) is 1. The van der Waals surface area contributed by atoms with Crippen molar-refractivity contribution in [3.8, 4) is 0 Å². The minimum atomic E-state index is 0.293. The third kappa shape index (κ3) is 2.68. The Hall–Kier alpha value is -1.31. The first-order valence-corrected chi connectivity index (χ1v) is 6.43. The van der Waals surface area contributed by atoms with Gasteiger partial charge in [0.2, 0.25) is 5.91 Å². The molecule has 0 N–H and O–H groups in total. The molecule has 0 spiro atoms. The average Bonchev–Trinajstić information content (AvgIpc) is 2.28. The highest BCUT2D eigenvalue weighted by atomic mass is 16.2. The van der Waals surface area contributed by atoms with Crippen LogP contribution in [-0.4, -0.2) is 17.4 Å². The molecule has 0 fully saturated rings. The Morgan fingerprint density at radius 2 is 2.12 bits per heavy atom. The van der Waals surface area contributed by atoms with Gasteiger partial charge in [-0.2, -0.15) is 0 Å². The van der Waals surface area contributed by atoms with Crippen molar-refractivity contribution >= 4 is 5.91 Å². The monoisotopic (exact) mass is 231 g/mol. The maximum Gasteiger partial charge on any atom is 0.223 e. The SMILES string of the molecule is CC(C)CC(=O)N1Cc2ccccc2C(C)C1. The lowest BCUT2D eigenvalue weighted by Gasteiger charge is -2.33. The lowest BCUT2D eigenvalue weighted by molar-refractivity contribution is -0.133. The van der Waals surface area contributed by atoms with Crippen LogP contribution in [-0.2, 0) is 11.3 Å². The summed E-state index contributed by atoms with van der Waals surface area (Å²) in [7, 11) is 0. The topological polar surface area (TPSA) is 20.3 Å². The Morgan fingerprint density at radius 1 is 1.41 bits per heavy atom. The molecule has 0 saturated heterocycles. The van der Waals surface area contributed by atoms with Gasteiger partial charge in [0.15, 0.2) is 0 Å². The number of amides is 1. The Labute approximate surface area is 104 Å². The lowest BCUT2D eigenvalue weighted by Crippen LogP contribution is -2.37. The molecule has 0 radical (unpaired) electrons. The molecule has 2 rings (SSSR count). The van der Waals surface area contributed by atoms with E-state index in [1.165, 1.54) is 11.1 Å². The van der Waals surface area contributed by atoms with Crippen LogP contribution in [0.5, 0.6) is 0 Å². The summed E-state index contributed by atoms with van der Waals surface area (Å²) in [4.78, 5) is 14.1. The Balaban J connectivity index is 2.14. The quantitative estimate of drug-likeness (QED) is 0.765. The van der Waals surface area contributed by atoms with Crippen molar-refractivity contribution in [1.82, 2.24) is 4.90 Å². The molecule has 0 aromatic heterocycles. The highest BCUT2D eigenvalue weighted by Gasteiger charge is 2.25. The first kappa shape index (κ1) is 12.2. The van der Waals surface area contributed by atoms with E-state index >= 15 is 0 Å². The second-order valence-electron chi connectivity index (χ2n) is 5.47. The van der Waals surface area contributed by atoms with E-state index in [-0.39, 0.29) is 0 Å². The van der Waals surface area contributed by atoms with Gasteiger partial charge in [0, 0.05) is 19.5 Å². The zero-order chi connectivity index (χ0) is 12.4. The van der Waals surface area contributed by atoms with Gasteiger partial charge < -0.3 is 4.90 Å². The Bertz CT molecular complexity index is 411. The van der Waals surface area contributed by atoms with E-state index in [0.717, 1.165) is 13.1 Å². The van der Waals surface area contributed by atoms with Crippen LogP contribution in [0.4, 0.5) is 0 Å². The molecular formula is C15H21NO. The first-order chi connectivity index (χ1) is 8.08. The van der Waals surface area contributed by atoms with Crippen LogP contribution >= 0.6 is 0 Å². The highest BCUT2D eigenvalue weighted by molar-refractivity contribution is 5.76. The summed E-state index contributed by atoms with van der Waals surface area (Å²) in [5, 5.41) is 0. The number of carbonyl (C=O) groups is 1. The molecule has 1 unspecified atom stereocenters. The standard InChI is InChI=1S/C15H21NO/c1-11(2)8-15(17)16-9-12(3)14-7-5-4-6-13(14)10-16/h4-7,11-12H,8-10H2,1-3H3. The Morgan fingerprint density at radius 3 is 2.82 bits per heavy atom. The molecule has 1 aliphatic heterocycles. The number of hydrogen-bond acceptors (Lipinski definition) is 1. The molecule has 1 heterocycles. The van der Waals surface area contributed by atoms with Crippen LogP contribution in [0.1, 0.15) is 44.2 Å². The fraction of sp³-hybridized carbons (Fsp3) is 0.533. The summed E-state index contributed by atoms with van der Waals surface area (Å²) in [6.07, 6.45) is 0.662. The number of hydrogen-bond donors (Lipinski definition) is 0. The molecular weight excluding hydrogens is 210 g/mol. The molecule has 1 aliphatic rings. The molecule has 2 heteroatoms. The van der Waals surface area contributed by atoms with E-state index in [9.17, 15) is 4.79 Å². The number of carbonyl (C=O) groups excluding carboxylic acids is 1. The minimum Gasteiger partial charge on any atom is -0.338 e. The average molecular weight is 231 g/mol. The normalized spacial score (nSPS) is 19.3. The predicted molar refractivity (Wildman–Crippen MR) is 69.7 cm³/mol. The van der Waals surface area contributed by atoms with Gasteiger partial charge in [0.25, 0.3) is 0 Å². The van der Waals surface area contributed by atoms with Crippen molar-refractivity contribution in [2.75, 3.05) is 6.54 Å². The van der Waals surface area contributed by atoms with E-state index in [1.807, 2.05) is 4.90 Å². The van der Waals surface area contributed by atoms with Crippen LogP contribution in [0.25, 0.3) is 0 Å². The van der Waals surface area contributed by atoms with E-state index in [4.69, 9.17) is 0 Å². The lowest BCUT2D eigenvalue weighted by atomic mass is 9.91. The predicted octanol–water partition coefficient (Wildman–Crippen LogP) is 3.18. The Kier molecular flexibility index (Phi) is 3.51. The first-order valence-electron chi connectivity index (χ1n) is 6.43. The van der Waals surface area contributed by atoms with Crippen molar-refractivity contribution in [2.45, 2.75) is 39.7 Å². The third-order valence-electron chi connectivity index (χ3n) is 3.38. The molecule has 0 saturated carbocycles. The van der Waals surface area contributed by atoms with Gasteiger partial charge in [0.1, 0.15) is 0 Å². The smallest absolute Gasteiger partial charge is 0.223 e. The van der Waals surface area contributed by atoms with Gasteiger partial charge in [-0.3, -0.25) is 4.79 Å². The van der Waals surface area contributed by atoms with Gasteiger partial charge in [-0.25, -0.2) is 0 Å². The van der Waals surface area contributed by atoms with Crippen LogP contribution in [0.15, 0.2) is 24.3 Å². The van der Waals surface area contributed by atoms with Gasteiger partial charge in [-0.1, -0.05) is 45.0 Å². The summed E-state index contributed by atoms with van der Waals surface area (Å²) in [6.45, 7) is 8.04. The van der Waals surface area contributed by atoms with Gasteiger partial charge in [0.05, 0.1) is 0 Å². The number of rotatable bonds is 2. The molecule has 1 aromatic carbocycles. The van der Waals surface area contributed by atoms with E-state index in [0.29, 0.717) is 24.2 Å². The van der Waals surface area contributed by atoms with E-state index in [2.05, 4.69) is 45.0 Å². The van der Waals surface area contributed by atoms with Gasteiger partial charge >= 0.3 is 0 Å². The molecule has 1 aromatic rings. The fourth-order valence-corrected chi connectivity index (χ4v) is 2.53. The van der Waals surface area contributed by atoms with Crippen molar-refractivity contribution < 1.29 is 4.79 Å². The van der Waals surface area contributed by atoms with Crippen molar-refractivity contribution in [2.24, 2.45) is 5.92 Å². The second-order valence-corrected chi connectivity index (χ2v) is 5.47. The maximum atomic E-state index is 12.1. The summed E-state index contributed by atoms with van der Waals surface area (Å²) < 4.78 is 0. The van der Waals surface area contributed by atoms with Crippen molar-refractivity contribution in [3.05, 3.63) is 35.4 Å². The molecule has 1 amide bonds. The maximum absolute atomic E-state index is 12.1. The van der Waals surface area contributed by atoms with Gasteiger partial charge in [-0.05, 0) is 23.0 Å². The minimum absolute atomic E-state index is 0.293. The summed E-state index contributed by atoms with van der Waals surface area (Å²) in [5.41, 5.74) is 2.71.